The van der Waals surface area contributed by atoms with Crippen LogP contribution in [0.2, 0.25) is 0 Å². The highest BCUT2D eigenvalue weighted by Gasteiger charge is 2.26. The number of primary amides is 1. The van der Waals surface area contributed by atoms with Crippen LogP contribution in [-0.2, 0) is 14.3 Å². The minimum Gasteiger partial charge on any atom is -0.368 e. The molecule has 1 fully saturated rings. The molecule has 0 spiro atoms. The SMILES string of the molecule is C=CC[C@@H](NC(=O)[C@@H]1CCCO1)C(N)=O. The van der Waals surface area contributed by atoms with Gasteiger partial charge in [-0.2, -0.15) is 0 Å². The van der Waals surface area contributed by atoms with Gasteiger partial charge >= 0.3 is 0 Å². The largest absolute Gasteiger partial charge is 0.368 e. The predicted octanol–water partition coefficient (Wildman–Crippen LogP) is -0.288. The van der Waals surface area contributed by atoms with E-state index in [0.29, 0.717) is 19.4 Å². The zero-order valence-electron chi connectivity index (χ0n) is 8.57. The van der Waals surface area contributed by atoms with Gasteiger partial charge in [0, 0.05) is 6.61 Å². The van der Waals surface area contributed by atoms with E-state index in [2.05, 4.69) is 11.9 Å². The van der Waals surface area contributed by atoms with Gasteiger partial charge in [-0.25, -0.2) is 0 Å². The smallest absolute Gasteiger partial charge is 0.249 e. The number of amides is 2. The Kier molecular flexibility index (Phi) is 4.30. The first-order valence-corrected chi connectivity index (χ1v) is 4.97. The minimum absolute atomic E-state index is 0.266. The highest BCUT2D eigenvalue weighted by atomic mass is 16.5. The summed E-state index contributed by atoms with van der Waals surface area (Å²) in [5, 5.41) is 2.55. The number of carbonyl (C=O) groups is 2. The fraction of sp³-hybridized carbons (Fsp3) is 0.600. The fourth-order valence-corrected chi connectivity index (χ4v) is 1.46. The third-order valence-electron chi connectivity index (χ3n) is 2.28. The molecular weight excluding hydrogens is 196 g/mol. The molecule has 1 rings (SSSR count). The van der Waals surface area contributed by atoms with Crippen molar-refractivity contribution in [2.75, 3.05) is 6.61 Å². The summed E-state index contributed by atoms with van der Waals surface area (Å²) in [5.74, 6) is -0.820. The molecule has 1 heterocycles. The number of hydrogen-bond acceptors (Lipinski definition) is 3. The highest BCUT2D eigenvalue weighted by molar-refractivity contribution is 5.88. The van der Waals surface area contributed by atoms with Gasteiger partial charge in [0.2, 0.25) is 11.8 Å². The highest BCUT2D eigenvalue weighted by Crippen LogP contribution is 2.12. The number of rotatable bonds is 5. The van der Waals surface area contributed by atoms with Crippen molar-refractivity contribution in [3.05, 3.63) is 12.7 Å². The second-order valence-electron chi connectivity index (χ2n) is 3.49. The van der Waals surface area contributed by atoms with Crippen LogP contribution in [0.15, 0.2) is 12.7 Å². The van der Waals surface area contributed by atoms with Crippen molar-refractivity contribution >= 4 is 11.8 Å². The summed E-state index contributed by atoms with van der Waals surface area (Å²) >= 11 is 0. The summed E-state index contributed by atoms with van der Waals surface area (Å²) in [6.45, 7) is 4.10. The van der Waals surface area contributed by atoms with Gasteiger partial charge in [0.15, 0.2) is 0 Å². The average molecular weight is 212 g/mol. The van der Waals surface area contributed by atoms with Gasteiger partial charge in [-0.3, -0.25) is 9.59 Å². The lowest BCUT2D eigenvalue weighted by atomic mass is 10.1. The maximum atomic E-state index is 11.6. The molecule has 2 amide bonds. The molecular formula is C10H16N2O3. The molecule has 0 radical (unpaired) electrons. The summed E-state index contributed by atoms with van der Waals surface area (Å²) in [5.41, 5.74) is 5.13. The van der Waals surface area contributed by atoms with Gasteiger partial charge in [0.1, 0.15) is 12.1 Å². The van der Waals surface area contributed by atoms with Crippen molar-refractivity contribution in [1.82, 2.24) is 5.32 Å². The summed E-state index contributed by atoms with van der Waals surface area (Å²) in [4.78, 5) is 22.5. The van der Waals surface area contributed by atoms with E-state index in [-0.39, 0.29) is 5.91 Å². The monoisotopic (exact) mass is 212 g/mol. The molecule has 2 atom stereocenters. The Hall–Kier alpha value is -1.36. The van der Waals surface area contributed by atoms with E-state index < -0.39 is 18.1 Å². The van der Waals surface area contributed by atoms with E-state index in [1.165, 1.54) is 0 Å². The molecule has 1 aliphatic heterocycles. The first-order chi connectivity index (χ1) is 7.15. The number of nitrogens with two attached hydrogens (primary N) is 1. The lowest BCUT2D eigenvalue weighted by molar-refractivity contribution is -0.133. The predicted molar refractivity (Wildman–Crippen MR) is 54.9 cm³/mol. The van der Waals surface area contributed by atoms with Crippen LogP contribution in [0.25, 0.3) is 0 Å². The first-order valence-electron chi connectivity index (χ1n) is 4.97. The molecule has 5 nitrogen and oxygen atoms in total. The zero-order valence-corrected chi connectivity index (χ0v) is 8.57. The Morgan fingerprint density at radius 2 is 2.40 bits per heavy atom. The van der Waals surface area contributed by atoms with Gasteiger partial charge in [-0.15, -0.1) is 6.58 Å². The normalized spacial score (nSPS) is 22.0. The number of ether oxygens (including phenoxy) is 1. The Bertz CT molecular complexity index is 259. The maximum Gasteiger partial charge on any atom is 0.249 e. The summed E-state index contributed by atoms with van der Waals surface area (Å²) in [6, 6.07) is -0.681. The Morgan fingerprint density at radius 3 is 2.87 bits per heavy atom. The molecule has 1 saturated heterocycles. The van der Waals surface area contributed by atoms with Crippen LogP contribution < -0.4 is 11.1 Å². The van der Waals surface area contributed by atoms with E-state index in [0.717, 1.165) is 6.42 Å². The Labute approximate surface area is 88.7 Å². The molecule has 0 aliphatic carbocycles. The van der Waals surface area contributed by atoms with E-state index >= 15 is 0 Å². The summed E-state index contributed by atoms with van der Waals surface area (Å²) in [7, 11) is 0. The summed E-state index contributed by atoms with van der Waals surface area (Å²) < 4.78 is 5.18. The second-order valence-corrected chi connectivity index (χ2v) is 3.49. The van der Waals surface area contributed by atoms with Crippen LogP contribution in [0.3, 0.4) is 0 Å². The molecule has 0 saturated carbocycles. The number of hydrogen-bond donors (Lipinski definition) is 2. The first kappa shape index (κ1) is 11.7. The van der Waals surface area contributed by atoms with Crippen LogP contribution in [0.1, 0.15) is 19.3 Å². The van der Waals surface area contributed by atoms with Crippen LogP contribution in [0.5, 0.6) is 0 Å². The van der Waals surface area contributed by atoms with Crippen molar-refractivity contribution in [2.24, 2.45) is 5.73 Å². The van der Waals surface area contributed by atoms with Gasteiger partial charge in [0.25, 0.3) is 0 Å². The van der Waals surface area contributed by atoms with Crippen LogP contribution in [0.4, 0.5) is 0 Å². The minimum atomic E-state index is -0.681. The molecule has 15 heavy (non-hydrogen) atoms. The van der Waals surface area contributed by atoms with Crippen molar-refractivity contribution in [3.63, 3.8) is 0 Å². The Balaban J connectivity index is 2.45. The van der Waals surface area contributed by atoms with E-state index in [1.54, 1.807) is 6.08 Å². The molecule has 84 valence electrons. The van der Waals surface area contributed by atoms with Crippen molar-refractivity contribution in [3.8, 4) is 0 Å². The molecule has 0 bridgehead atoms. The lowest BCUT2D eigenvalue weighted by Gasteiger charge is -2.16. The topological polar surface area (TPSA) is 81.4 Å². The molecule has 0 aromatic rings. The molecule has 5 heteroatoms. The lowest BCUT2D eigenvalue weighted by Crippen LogP contribution is -2.47. The quantitative estimate of drug-likeness (QED) is 0.614. The van der Waals surface area contributed by atoms with E-state index in [1.807, 2.05) is 0 Å². The van der Waals surface area contributed by atoms with Crippen molar-refractivity contribution in [1.29, 1.82) is 0 Å². The third kappa shape index (κ3) is 3.36. The van der Waals surface area contributed by atoms with E-state index in [9.17, 15) is 9.59 Å². The average Bonchev–Trinajstić information content (AvgIpc) is 2.69. The van der Waals surface area contributed by atoms with Crippen LogP contribution in [-0.4, -0.2) is 30.6 Å². The van der Waals surface area contributed by atoms with Gasteiger partial charge in [-0.1, -0.05) is 6.08 Å². The third-order valence-corrected chi connectivity index (χ3v) is 2.28. The van der Waals surface area contributed by atoms with Crippen LogP contribution >= 0.6 is 0 Å². The van der Waals surface area contributed by atoms with Gasteiger partial charge in [0.05, 0.1) is 0 Å². The molecule has 3 N–H and O–H groups in total. The second kappa shape index (κ2) is 5.50. The van der Waals surface area contributed by atoms with E-state index in [4.69, 9.17) is 10.5 Å². The van der Waals surface area contributed by atoms with Gasteiger partial charge < -0.3 is 15.8 Å². The fourth-order valence-electron chi connectivity index (χ4n) is 1.46. The Morgan fingerprint density at radius 1 is 1.67 bits per heavy atom. The standard InChI is InChI=1S/C10H16N2O3/c1-2-4-7(9(11)13)12-10(14)8-5-3-6-15-8/h2,7-8H,1,3-6H2,(H2,11,13)(H,12,14)/t7-,8+/m1/s1. The molecule has 0 unspecified atom stereocenters. The maximum absolute atomic E-state index is 11.6. The molecule has 1 aliphatic rings. The molecule has 0 aromatic carbocycles. The summed E-state index contributed by atoms with van der Waals surface area (Å²) in [6.07, 6.45) is 3.03. The zero-order chi connectivity index (χ0) is 11.3. The number of nitrogens with one attached hydrogen (secondary N) is 1. The van der Waals surface area contributed by atoms with Crippen LogP contribution in [0, 0.1) is 0 Å². The molecule has 0 aromatic heterocycles. The van der Waals surface area contributed by atoms with Crippen molar-refractivity contribution < 1.29 is 14.3 Å². The van der Waals surface area contributed by atoms with Crippen molar-refractivity contribution in [2.45, 2.75) is 31.4 Å². The van der Waals surface area contributed by atoms with Gasteiger partial charge in [-0.05, 0) is 19.3 Å². The number of carbonyl (C=O) groups excluding carboxylic acids is 2.